The summed E-state index contributed by atoms with van der Waals surface area (Å²) >= 11 is 7.94. The number of carbonyl (C=O) groups excluding carboxylic acids is 1. The fourth-order valence-electron chi connectivity index (χ4n) is 6.56. The van der Waals surface area contributed by atoms with Crippen LogP contribution in [0.3, 0.4) is 0 Å². The molecule has 2 heterocycles. The number of carbonyl (C=O) groups is 1. The molecule has 0 N–H and O–H groups in total. The fraction of sp³-hybridized carbons (Fsp3) is 0.714. The molecule has 0 unspecified atom stereocenters. The van der Waals surface area contributed by atoms with Gasteiger partial charge in [0.25, 0.3) is 0 Å². The summed E-state index contributed by atoms with van der Waals surface area (Å²) in [6.45, 7) is 4.33. The Kier molecular flexibility index (Phi) is 3.58. The standard InChI is InChI=1S/C21H26ClNOS/c1-20(2)11-17-15(6-19(22)25-17)16(23-20)7-18(24)21-8-12-3-13(9-21)5-14(4-12)10-21/h6,12-14H,3-5,7-11H2,1-2H3. The topological polar surface area (TPSA) is 29.4 Å². The normalized spacial score (nSPS) is 37.7. The third kappa shape index (κ3) is 2.73. The Balaban J connectivity index is 1.45. The van der Waals surface area contributed by atoms with Crippen LogP contribution in [0.1, 0.15) is 69.2 Å². The van der Waals surface area contributed by atoms with E-state index in [2.05, 4.69) is 13.8 Å². The van der Waals surface area contributed by atoms with Crippen LogP contribution in [0.5, 0.6) is 0 Å². The zero-order chi connectivity index (χ0) is 17.4. The minimum Gasteiger partial charge on any atom is -0.299 e. The molecule has 0 amide bonds. The zero-order valence-corrected chi connectivity index (χ0v) is 16.7. The Bertz CT molecular complexity index is 740. The van der Waals surface area contributed by atoms with Crippen LogP contribution < -0.4 is 0 Å². The van der Waals surface area contributed by atoms with Crippen molar-refractivity contribution in [3.63, 3.8) is 0 Å². The second-order valence-corrected chi connectivity index (χ2v) is 11.5. The molecule has 4 saturated carbocycles. The van der Waals surface area contributed by atoms with Gasteiger partial charge in [-0.05, 0) is 76.2 Å². The van der Waals surface area contributed by atoms with Gasteiger partial charge < -0.3 is 0 Å². The predicted octanol–water partition coefficient (Wildman–Crippen LogP) is 5.70. The van der Waals surface area contributed by atoms with E-state index in [1.807, 2.05) is 6.07 Å². The van der Waals surface area contributed by atoms with Gasteiger partial charge in [0.15, 0.2) is 0 Å². The summed E-state index contributed by atoms with van der Waals surface area (Å²) in [6.07, 6.45) is 9.01. The Morgan fingerprint density at radius 2 is 1.80 bits per heavy atom. The van der Waals surface area contributed by atoms with Crippen molar-refractivity contribution in [1.29, 1.82) is 0 Å². The van der Waals surface area contributed by atoms with Crippen LogP contribution in [-0.2, 0) is 11.2 Å². The van der Waals surface area contributed by atoms with E-state index in [-0.39, 0.29) is 11.0 Å². The van der Waals surface area contributed by atoms with Crippen molar-refractivity contribution < 1.29 is 4.79 Å². The van der Waals surface area contributed by atoms with Crippen molar-refractivity contribution in [3.05, 3.63) is 20.8 Å². The number of ketones is 1. The van der Waals surface area contributed by atoms with E-state index in [9.17, 15) is 4.79 Å². The summed E-state index contributed by atoms with van der Waals surface area (Å²) in [5.41, 5.74) is 1.99. The number of Topliss-reactive ketones (excluding diaryl/α,β-unsaturated/α-hetero) is 1. The molecule has 0 radical (unpaired) electrons. The SMILES string of the molecule is CC1(C)Cc2sc(Cl)cc2C(CC(=O)C23CC4CC(CC(C4)C2)C3)=N1. The summed E-state index contributed by atoms with van der Waals surface area (Å²) in [6, 6.07) is 2.03. The molecule has 4 heteroatoms. The van der Waals surface area contributed by atoms with Crippen molar-refractivity contribution in [2.24, 2.45) is 28.2 Å². The van der Waals surface area contributed by atoms with Gasteiger partial charge in [-0.3, -0.25) is 9.79 Å². The van der Waals surface area contributed by atoms with Gasteiger partial charge in [0.05, 0.1) is 15.6 Å². The Hall–Kier alpha value is -0.670. The van der Waals surface area contributed by atoms with Gasteiger partial charge in [0.1, 0.15) is 5.78 Å². The predicted molar refractivity (Wildman–Crippen MR) is 104 cm³/mol. The lowest BCUT2D eigenvalue weighted by Gasteiger charge is -2.56. The van der Waals surface area contributed by atoms with Crippen molar-refractivity contribution in [2.75, 3.05) is 0 Å². The van der Waals surface area contributed by atoms with Crippen molar-refractivity contribution >= 4 is 34.4 Å². The third-order valence-corrected chi connectivity index (χ3v) is 8.34. The smallest absolute Gasteiger partial charge is 0.145 e. The summed E-state index contributed by atoms with van der Waals surface area (Å²) in [5, 5.41) is 0. The van der Waals surface area contributed by atoms with Crippen LogP contribution in [0, 0.1) is 23.2 Å². The van der Waals surface area contributed by atoms with E-state index in [0.717, 1.165) is 59.0 Å². The largest absolute Gasteiger partial charge is 0.299 e. The van der Waals surface area contributed by atoms with Crippen LogP contribution >= 0.6 is 22.9 Å². The summed E-state index contributed by atoms with van der Waals surface area (Å²) < 4.78 is 0.817. The van der Waals surface area contributed by atoms with Crippen molar-refractivity contribution in [1.82, 2.24) is 0 Å². The molecule has 1 aromatic heterocycles. The number of halogens is 1. The van der Waals surface area contributed by atoms with E-state index in [4.69, 9.17) is 16.6 Å². The molecule has 1 aliphatic heterocycles. The van der Waals surface area contributed by atoms with Crippen LogP contribution in [0.2, 0.25) is 4.34 Å². The number of hydrogen-bond acceptors (Lipinski definition) is 3. The molecule has 0 atom stereocenters. The molecule has 5 aliphatic rings. The van der Waals surface area contributed by atoms with Crippen LogP contribution in [0.25, 0.3) is 0 Å². The highest BCUT2D eigenvalue weighted by Gasteiger charge is 2.54. The molecule has 2 nitrogen and oxygen atoms in total. The van der Waals surface area contributed by atoms with E-state index >= 15 is 0 Å². The number of nitrogens with zero attached hydrogens (tertiary/aromatic N) is 1. The van der Waals surface area contributed by atoms with Gasteiger partial charge >= 0.3 is 0 Å². The van der Waals surface area contributed by atoms with Gasteiger partial charge in [-0.2, -0.15) is 0 Å². The first-order valence-electron chi connectivity index (χ1n) is 9.73. The second-order valence-electron chi connectivity index (χ2n) is 9.73. The molecular weight excluding hydrogens is 350 g/mol. The molecule has 6 rings (SSSR count). The van der Waals surface area contributed by atoms with Crippen LogP contribution in [0.4, 0.5) is 0 Å². The number of fused-ring (bicyclic) bond motifs is 1. The quantitative estimate of drug-likeness (QED) is 0.666. The zero-order valence-electron chi connectivity index (χ0n) is 15.1. The van der Waals surface area contributed by atoms with E-state index in [1.54, 1.807) is 11.3 Å². The van der Waals surface area contributed by atoms with Crippen LogP contribution in [0.15, 0.2) is 11.1 Å². The second kappa shape index (κ2) is 5.42. The first-order chi connectivity index (χ1) is 11.8. The van der Waals surface area contributed by atoms with Crippen LogP contribution in [-0.4, -0.2) is 17.0 Å². The third-order valence-electron chi connectivity index (χ3n) is 7.08. The lowest BCUT2D eigenvalue weighted by atomic mass is 9.48. The number of rotatable bonds is 3. The Labute approximate surface area is 159 Å². The minimum atomic E-state index is -0.127. The van der Waals surface area contributed by atoms with Gasteiger partial charge in [-0.15, -0.1) is 11.3 Å². The monoisotopic (exact) mass is 375 g/mol. The van der Waals surface area contributed by atoms with Gasteiger partial charge in [-0.25, -0.2) is 0 Å². The minimum absolute atomic E-state index is 0.0289. The van der Waals surface area contributed by atoms with E-state index in [1.165, 1.54) is 24.1 Å². The molecule has 1 aromatic rings. The van der Waals surface area contributed by atoms with Crippen molar-refractivity contribution in [2.45, 2.75) is 70.8 Å². The summed E-state index contributed by atoms with van der Waals surface area (Å²) in [4.78, 5) is 19.8. The molecule has 0 saturated heterocycles. The average molecular weight is 376 g/mol. The highest BCUT2D eigenvalue weighted by Crippen LogP contribution is 2.60. The molecule has 0 spiro atoms. The van der Waals surface area contributed by atoms with Crippen molar-refractivity contribution in [3.8, 4) is 0 Å². The van der Waals surface area contributed by atoms with Gasteiger partial charge in [0, 0.05) is 28.7 Å². The highest BCUT2D eigenvalue weighted by atomic mass is 35.5. The molecule has 4 fully saturated rings. The first-order valence-corrected chi connectivity index (χ1v) is 10.9. The van der Waals surface area contributed by atoms with Gasteiger partial charge in [0.2, 0.25) is 0 Å². The summed E-state index contributed by atoms with van der Waals surface area (Å²) in [7, 11) is 0. The molecule has 0 aromatic carbocycles. The lowest BCUT2D eigenvalue weighted by molar-refractivity contribution is -0.142. The Morgan fingerprint density at radius 1 is 1.20 bits per heavy atom. The average Bonchev–Trinajstić information content (AvgIpc) is 2.84. The molecule has 134 valence electrons. The van der Waals surface area contributed by atoms with Gasteiger partial charge in [-0.1, -0.05) is 11.6 Å². The molecule has 25 heavy (non-hydrogen) atoms. The molecule has 4 aliphatic carbocycles. The lowest BCUT2D eigenvalue weighted by Crippen LogP contribution is -2.50. The number of hydrogen-bond donors (Lipinski definition) is 0. The van der Waals surface area contributed by atoms with E-state index < -0.39 is 0 Å². The first kappa shape index (κ1) is 16.5. The maximum atomic E-state index is 13.5. The van der Waals surface area contributed by atoms with E-state index in [0.29, 0.717) is 12.2 Å². The number of aliphatic imine (C=N–C) groups is 1. The Morgan fingerprint density at radius 3 is 2.40 bits per heavy atom. The fourth-order valence-corrected chi connectivity index (χ4v) is 8.07. The summed E-state index contributed by atoms with van der Waals surface area (Å²) in [5.74, 6) is 2.90. The molecular formula is C21H26ClNOS. The number of thiophene rings is 1. The maximum absolute atomic E-state index is 13.5. The highest BCUT2D eigenvalue weighted by molar-refractivity contribution is 7.16. The molecule has 4 bridgehead atoms. The maximum Gasteiger partial charge on any atom is 0.145 e.